The van der Waals surface area contributed by atoms with Gasteiger partial charge in [0.05, 0.1) is 21.3 Å². The molecule has 0 saturated heterocycles. The van der Waals surface area contributed by atoms with E-state index >= 15 is 0 Å². The standard InChI is InChI=1S/C21H27N3O5/c1-5-22-21(26)24-20(25)19(14-9-7-6-8-10-14)23-13-15-11-17(28-3)18(29-4)12-16(15)27-2/h6-12,19,23H,5,13H2,1-4H3,(H2,22,24,25,26)/t19-/m1/s1. The van der Waals surface area contributed by atoms with Gasteiger partial charge < -0.3 is 19.5 Å². The zero-order valence-corrected chi connectivity index (χ0v) is 17.1. The van der Waals surface area contributed by atoms with Crippen LogP contribution in [0.15, 0.2) is 42.5 Å². The van der Waals surface area contributed by atoms with Crippen LogP contribution in [0.25, 0.3) is 0 Å². The summed E-state index contributed by atoms with van der Waals surface area (Å²) in [6, 6.07) is 11.4. The lowest BCUT2D eigenvalue weighted by Crippen LogP contribution is -2.45. The Hall–Kier alpha value is -3.26. The Morgan fingerprint density at radius 3 is 2.14 bits per heavy atom. The van der Waals surface area contributed by atoms with E-state index in [9.17, 15) is 9.59 Å². The summed E-state index contributed by atoms with van der Waals surface area (Å²) in [5.74, 6) is 1.22. The molecule has 29 heavy (non-hydrogen) atoms. The topological polar surface area (TPSA) is 97.9 Å². The van der Waals surface area contributed by atoms with E-state index in [1.807, 2.05) is 30.3 Å². The Kier molecular flexibility index (Phi) is 8.29. The maximum Gasteiger partial charge on any atom is 0.321 e. The zero-order chi connectivity index (χ0) is 21.2. The van der Waals surface area contributed by atoms with Gasteiger partial charge in [-0.25, -0.2) is 4.79 Å². The number of hydrogen-bond acceptors (Lipinski definition) is 6. The highest BCUT2D eigenvalue weighted by molar-refractivity contribution is 5.97. The van der Waals surface area contributed by atoms with Gasteiger partial charge in [-0.15, -0.1) is 0 Å². The number of ether oxygens (including phenoxy) is 3. The van der Waals surface area contributed by atoms with Crippen LogP contribution in [0.5, 0.6) is 17.2 Å². The third-order valence-electron chi connectivity index (χ3n) is 4.25. The van der Waals surface area contributed by atoms with Crippen LogP contribution >= 0.6 is 0 Å². The lowest BCUT2D eigenvalue weighted by Gasteiger charge is -2.20. The minimum absolute atomic E-state index is 0.298. The number of rotatable bonds is 9. The number of carbonyl (C=O) groups is 2. The molecule has 0 saturated carbocycles. The monoisotopic (exact) mass is 401 g/mol. The molecular weight excluding hydrogens is 374 g/mol. The molecule has 156 valence electrons. The molecular formula is C21H27N3O5. The maximum absolute atomic E-state index is 12.7. The predicted octanol–water partition coefficient (Wildman–Crippen LogP) is 2.39. The Balaban J connectivity index is 2.26. The molecule has 2 aromatic rings. The SMILES string of the molecule is CCNC(=O)NC(=O)[C@H](NCc1cc(OC)c(OC)cc1OC)c1ccccc1. The third kappa shape index (κ3) is 5.86. The summed E-state index contributed by atoms with van der Waals surface area (Å²) in [6.45, 7) is 2.50. The van der Waals surface area contributed by atoms with Gasteiger partial charge in [-0.2, -0.15) is 0 Å². The highest BCUT2D eigenvalue weighted by Gasteiger charge is 2.23. The predicted molar refractivity (Wildman–Crippen MR) is 109 cm³/mol. The molecule has 2 aromatic carbocycles. The van der Waals surface area contributed by atoms with Crippen molar-refractivity contribution in [3.05, 3.63) is 53.6 Å². The van der Waals surface area contributed by atoms with Crippen LogP contribution in [-0.2, 0) is 11.3 Å². The van der Waals surface area contributed by atoms with Gasteiger partial charge in [0, 0.05) is 24.7 Å². The smallest absolute Gasteiger partial charge is 0.321 e. The molecule has 0 radical (unpaired) electrons. The Bertz CT molecular complexity index is 827. The Morgan fingerprint density at radius 2 is 1.55 bits per heavy atom. The van der Waals surface area contributed by atoms with Crippen molar-refractivity contribution < 1.29 is 23.8 Å². The van der Waals surface area contributed by atoms with Crippen molar-refractivity contribution in [2.45, 2.75) is 19.5 Å². The maximum atomic E-state index is 12.7. The van der Waals surface area contributed by atoms with Crippen molar-refractivity contribution >= 4 is 11.9 Å². The molecule has 0 aliphatic rings. The van der Waals surface area contributed by atoms with Crippen molar-refractivity contribution in [2.24, 2.45) is 0 Å². The molecule has 1 atom stereocenters. The molecule has 8 nitrogen and oxygen atoms in total. The molecule has 0 aliphatic carbocycles. The number of methoxy groups -OCH3 is 3. The number of nitrogens with one attached hydrogen (secondary N) is 3. The number of imide groups is 1. The van der Waals surface area contributed by atoms with E-state index in [1.165, 1.54) is 0 Å². The summed E-state index contributed by atoms with van der Waals surface area (Å²) in [4.78, 5) is 24.5. The fourth-order valence-corrected chi connectivity index (χ4v) is 2.84. The number of hydrogen-bond donors (Lipinski definition) is 3. The molecule has 3 N–H and O–H groups in total. The first-order valence-electron chi connectivity index (χ1n) is 9.19. The van der Waals surface area contributed by atoms with Gasteiger partial charge in [-0.3, -0.25) is 15.4 Å². The Labute approximate surface area is 170 Å². The fraction of sp³-hybridized carbons (Fsp3) is 0.333. The Morgan fingerprint density at radius 1 is 0.931 bits per heavy atom. The van der Waals surface area contributed by atoms with Gasteiger partial charge in [0.2, 0.25) is 5.91 Å². The van der Waals surface area contributed by atoms with Crippen LogP contribution < -0.4 is 30.2 Å². The van der Waals surface area contributed by atoms with Gasteiger partial charge in [-0.05, 0) is 18.6 Å². The molecule has 0 spiro atoms. The molecule has 0 fully saturated rings. The average molecular weight is 401 g/mol. The first kappa shape index (κ1) is 22.0. The van der Waals surface area contributed by atoms with Gasteiger partial charge in [-0.1, -0.05) is 30.3 Å². The van der Waals surface area contributed by atoms with E-state index < -0.39 is 18.0 Å². The minimum atomic E-state index is -0.739. The highest BCUT2D eigenvalue weighted by Crippen LogP contribution is 2.34. The van der Waals surface area contributed by atoms with Crippen molar-refractivity contribution in [3.63, 3.8) is 0 Å². The van der Waals surface area contributed by atoms with E-state index in [1.54, 1.807) is 40.4 Å². The summed E-state index contributed by atoms with van der Waals surface area (Å²) in [5.41, 5.74) is 1.51. The highest BCUT2D eigenvalue weighted by atomic mass is 16.5. The second-order valence-corrected chi connectivity index (χ2v) is 6.09. The van der Waals surface area contributed by atoms with Crippen LogP contribution in [0, 0.1) is 0 Å². The molecule has 3 amide bonds. The van der Waals surface area contributed by atoms with Gasteiger partial charge in [0.25, 0.3) is 0 Å². The summed E-state index contributed by atoms with van der Waals surface area (Å²) in [6.07, 6.45) is 0. The minimum Gasteiger partial charge on any atom is -0.496 e. The fourth-order valence-electron chi connectivity index (χ4n) is 2.84. The lowest BCUT2D eigenvalue weighted by atomic mass is 10.1. The molecule has 0 unspecified atom stereocenters. The van der Waals surface area contributed by atoms with E-state index in [-0.39, 0.29) is 0 Å². The van der Waals surface area contributed by atoms with E-state index in [0.717, 1.165) is 11.1 Å². The zero-order valence-electron chi connectivity index (χ0n) is 17.1. The van der Waals surface area contributed by atoms with Crippen molar-refractivity contribution in [1.82, 2.24) is 16.0 Å². The van der Waals surface area contributed by atoms with Crippen molar-refractivity contribution in [2.75, 3.05) is 27.9 Å². The normalized spacial score (nSPS) is 11.3. The van der Waals surface area contributed by atoms with Crippen molar-refractivity contribution in [1.29, 1.82) is 0 Å². The van der Waals surface area contributed by atoms with Crippen LogP contribution in [-0.4, -0.2) is 39.8 Å². The van der Waals surface area contributed by atoms with Crippen LogP contribution in [0.2, 0.25) is 0 Å². The second kappa shape index (κ2) is 10.9. The number of amides is 3. The second-order valence-electron chi connectivity index (χ2n) is 6.09. The lowest BCUT2D eigenvalue weighted by molar-refractivity contribution is -0.122. The van der Waals surface area contributed by atoms with Crippen LogP contribution in [0.3, 0.4) is 0 Å². The summed E-state index contributed by atoms with van der Waals surface area (Å²) < 4.78 is 16.1. The number of urea groups is 1. The average Bonchev–Trinajstić information content (AvgIpc) is 2.74. The molecule has 0 aromatic heterocycles. The molecule has 0 bridgehead atoms. The van der Waals surface area contributed by atoms with Gasteiger partial charge >= 0.3 is 6.03 Å². The molecule has 0 aliphatic heterocycles. The number of benzene rings is 2. The summed E-state index contributed by atoms with van der Waals surface area (Å²) >= 11 is 0. The van der Waals surface area contributed by atoms with Crippen LogP contribution in [0.4, 0.5) is 4.79 Å². The third-order valence-corrected chi connectivity index (χ3v) is 4.25. The molecule has 2 rings (SSSR count). The number of carbonyl (C=O) groups excluding carboxylic acids is 2. The molecule has 8 heteroatoms. The largest absolute Gasteiger partial charge is 0.496 e. The van der Waals surface area contributed by atoms with Crippen molar-refractivity contribution in [3.8, 4) is 17.2 Å². The summed E-state index contributed by atoms with van der Waals surface area (Å²) in [5, 5.41) is 8.11. The van der Waals surface area contributed by atoms with Crippen LogP contribution in [0.1, 0.15) is 24.1 Å². The quantitative estimate of drug-likeness (QED) is 0.597. The van der Waals surface area contributed by atoms with E-state index in [4.69, 9.17) is 14.2 Å². The first-order valence-corrected chi connectivity index (χ1v) is 9.19. The first-order chi connectivity index (χ1) is 14.0. The summed E-state index contributed by atoms with van der Waals surface area (Å²) in [7, 11) is 4.65. The molecule has 0 heterocycles. The van der Waals surface area contributed by atoms with E-state index in [0.29, 0.717) is 30.3 Å². The van der Waals surface area contributed by atoms with E-state index in [2.05, 4.69) is 16.0 Å². The van der Waals surface area contributed by atoms with Gasteiger partial charge in [0.15, 0.2) is 11.5 Å². The van der Waals surface area contributed by atoms with Gasteiger partial charge in [0.1, 0.15) is 11.8 Å².